The molecule has 0 aliphatic heterocycles. The molecule has 2 atom stereocenters. The molecule has 5 nitrogen and oxygen atoms in total. The van der Waals surface area contributed by atoms with Gasteiger partial charge in [-0.3, -0.25) is 10.4 Å². The van der Waals surface area contributed by atoms with Gasteiger partial charge in [0, 0.05) is 11.3 Å². The molecule has 1 aromatic rings. The summed E-state index contributed by atoms with van der Waals surface area (Å²) in [6, 6.07) is 2.93. The molecular formula is C11H17N5S. The van der Waals surface area contributed by atoms with Crippen molar-refractivity contribution in [3.8, 4) is 6.07 Å². The van der Waals surface area contributed by atoms with Crippen LogP contribution in [-0.4, -0.2) is 32.0 Å². The van der Waals surface area contributed by atoms with Crippen molar-refractivity contribution in [2.75, 3.05) is 0 Å². The van der Waals surface area contributed by atoms with Crippen LogP contribution < -0.4 is 5.32 Å². The lowest BCUT2D eigenvalue weighted by molar-refractivity contribution is 0.414. The molecule has 0 amide bonds. The topological polar surface area (TPSA) is 77.4 Å². The molecular weight excluding hydrogens is 234 g/mol. The maximum Gasteiger partial charge on any atom is 0.183 e. The van der Waals surface area contributed by atoms with E-state index >= 15 is 0 Å². The number of H-pyrrole nitrogens is 1. The summed E-state index contributed by atoms with van der Waals surface area (Å²) in [5, 5.41) is 20.5. The zero-order valence-electron chi connectivity index (χ0n) is 10.1. The fraction of sp³-hybridized carbons (Fsp3) is 0.727. The Hall–Kier alpha value is -1.06. The molecule has 1 aromatic heterocycles. The third-order valence-electron chi connectivity index (χ3n) is 2.75. The minimum absolute atomic E-state index is 0.318. The number of nitriles is 1. The van der Waals surface area contributed by atoms with Crippen molar-refractivity contribution in [2.24, 2.45) is 0 Å². The summed E-state index contributed by atoms with van der Waals surface area (Å²) in [5.41, 5.74) is -0.437. The van der Waals surface area contributed by atoms with Gasteiger partial charge in [0.25, 0.3) is 0 Å². The SMILES string of the molecule is CC(CC(C)(C#N)NC1CC1)Sc1ncn[nH]1. The zero-order chi connectivity index (χ0) is 12.3. The number of thioether (sulfide) groups is 1. The first-order valence-electron chi connectivity index (χ1n) is 5.82. The second-order valence-corrected chi connectivity index (χ2v) is 6.21. The van der Waals surface area contributed by atoms with E-state index in [2.05, 4.69) is 33.5 Å². The highest BCUT2D eigenvalue weighted by Gasteiger charge is 2.33. The Bertz CT molecular complexity index is 394. The molecule has 0 bridgehead atoms. The number of nitrogens with one attached hydrogen (secondary N) is 2. The van der Waals surface area contributed by atoms with Gasteiger partial charge in [-0.1, -0.05) is 18.7 Å². The van der Waals surface area contributed by atoms with E-state index in [1.165, 1.54) is 19.2 Å². The van der Waals surface area contributed by atoms with Crippen LogP contribution in [0.25, 0.3) is 0 Å². The molecule has 0 spiro atoms. The average molecular weight is 251 g/mol. The fourth-order valence-electron chi connectivity index (χ4n) is 1.87. The number of hydrogen-bond acceptors (Lipinski definition) is 5. The lowest BCUT2D eigenvalue weighted by atomic mass is 9.98. The quantitative estimate of drug-likeness (QED) is 0.753. The van der Waals surface area contributed by atoms with Crippen LogP contribution in [0.15, 0.2) is 11.5 Å². The Morgan fingerprint density at radius 2 is 2.53 bits per heavy atom. The Kier molecular flexibility index (Phi) is 3.69. The van der Waals surface area contributed by atoms with Crippen LogP contribution in [0.2, 0.25) is 0 Å². The Labute approximate surface area is 105 Å². The van der Waals surface area contributed by atoms with E-state index in [0.29, 0.717) is 11.3 Å². The van der Waals surface area contributed by atoms with Crippen molar-refractivity contribution in [1.29, 1.82) is 5.26 Å². The van der Waals surface area contributed by atoms with Gasteiger partial charge in [0.15, 0.2) is 5.16 Å². The van der Waals surface area contributed by atoms with Crippen molar-refractivity contribution < 1.29 is 0 Å². The van der Waals surface area contributed by atoms with Gasteiger partial charge in [-0.2, -0.15) is 10.4 Å². The van der Waals surface area contributed by atoms with Gasteiger partial charge in [-0.15, -0.1) is 0 Å². The Morgan fingerprint density at radius 1 is 1.76 bits per heavy atom. The highest BCUT2D eigenvalue weighted by atomic mass is 32.2. The molecule has 2 unspecified atom stereocenters. The third-order valence-corrected chi connectivity index (χ3v) is 3.74. The normalized spacial score (nSPS) is 20.5. The van der Waals surface area contributed by atoms with Crippen LogP contribution in [0.4, 0.5) is 0 Å². The van der Waals surface area contributed by atoms with Gasteiger partial charge in [0.05, 0.1) is 6.07 Å². The smallest absolute Gasteiger partial charge is 0.183 e. The third kappa shape index (κ3) is 3.72. The first-order chi connectivity index (χ1) is 8.11. The van der Waals surface area contributed by atoms with E-state index in [9.17, 15) is 5.26 Å². The first-order valence-corrected chi connectivity index (χ1v) is 6.70. The molecule has 2 N–H and O–H groups in total. The molecule has 0 aromatic carbocycles. The predicted octanol–water partition coefficient (Wildman–Crippen LogP) is 1.71. The maximum atomic E-state index is 9.28. The van der Waals surface area contributed by atoms with Crippen LogP contribution >= 0.6 is 11.8 Å². The Morgan fingerprint density at radius 3 is 3.06 bits per heavy atom. The molecule has 2 rings (SSSR count). The monoisotopic (exact) mass is 251 g/mol. The van der Waals surface area contributed by atoms with Crippen LogP contribution in [0, 0.1) is 11.3 Å². The van der Waals surface area contributed by atoms with Crippen LogP contribution in [0.5, 0.6) is 0 Å². The highest BCUT2D eigenvalue weighted by molar-refractivity contribution is 7.99. The minimum atomic E-state index is -0.437. The van der Waals surface area contributed by atoms with E-state index in [0.717, 1.165) is 11.6 Å². The summed E-state index contributed by atoms with van der Waals surface area (Å²) in [4.78, 5) is 4.08. The predicted molar refractivity (Wildman–Crippen MR) is 66.5 cm³/mol. The van der Waals surface area contributed by atoms with Crippen molar-refractivity contribution >= 4 is 11.8 Å². The van der Waals surface area contributed by atoms with Gasteiger partial charge < -0.3 is 0 Å². The summed E-state index contributed by atoms with van der Waals surface area (Å²) in [6.07, 6.45) is 4.69. The van der Waals surface area contributed by atoms with Crippen LogP contribution in [0.1, 0.15) is 33.1 Å². The van der Waals surface area contributed by atoms with Crippen LogP contribution in [-0.2, 0) is 0 Å². The second kappa shape index (κ2) is 5.07. The fourth-order valence-corrected chi connectivity index (χ4v) is 2.88. The van der Waals surface area contributed by atoms with Crippen molar-refractivity contribution in [1.82, 2.24) is 20.5 Å². The number of nitrogens with zero attached hydrogens (tertiary/aromatic N) is 3. The average Bonchev–Trinajstić information content (AvgIpc) is 2.92. The van der Waals surface area contributed by atoms with Gasteiger partial charge in [0.1, 0.15) is 11.9 Å². The minimum Gasteiger partial charge on any atom is -0.297 e. The molecule has 1 saturated carbocycles. The molecule has 6 heteroatoms. The van der Waals surface area contributed by atoms with E-state index in [1.807, 2.05) is 6.92 Å². The highest BCUT2D eigenvalue weighted by Crippen LogP contribution is 2.29. The summed E-state index contributed by atoms with van der Waals surface area (Å²) >= 11 is 1.62. The lowest BCUT2D eigenvalue weighted by Crippen LogP contribution is -2.44. The van der Waals surface area contributed by atoms with E-state index in [1.54, 1.807) is 11.8 Å². The maximum absolute atomic E-state index is 9.28. The number of rotatable bonds is 6. The number of hydrogen-bond donors (Lipinski definition) is 2. The van der Waals surface area contributed by atoms with Gasteiger partial charge in [-0.05, 0) is 26.2 Å². The molecule has 92 valence electrons. The van der Waals surface area contributed by atoms with Crippen molar-refractivity contribution in [3.05, 3.63) is 6.33 Å². The summed E-state index contributed by atoms with van der Waals surface area (Å²) in [7, 11) is 0. The number of aromatic amines is 1. The molecule has 0 saturated heterocycles. The van der Waals surface area contributed by atoms with Gasteiger partial charge in [0.2, 0.25) is 0 Å². The van der Waals surface area contributed by atoms with Crippen LogP contribution in [0.3, 0.4) is 0 Å². The summed E-state index contributed by atoms with van der Waals surface area (Å²) < 4.78 is 0. The van der Waals surface area contributed by atoms with E-state index in [4.69, 9.17) is 0 Å². The first kappa shape index (κ1) is 12.4. The molecule has 1 aliphatic rings. The lowest BCUT2D eigenvalue weighted by Gasteiger charge is -2.26. The van der Waals surface area contributed by atoms with Crippen molar-refractivity contribution in [3.63, 3.8) is 0 Å². The molecule has 0 radical (unpaired) electrons. The number of aromatic nitrogens is 3. The van der Waals surface area contributed by atoms with Gasteiger partial charge in [-0.25, -0.2) is 4.98 Å². The molecule has 1 heterocycles. The summed E-state index contributed by atoms with van der Waals surface area (Å²) in [5.74, 6) is 0. The molecule has 17 heavy (non-hydrogen) atoms. The van der Waals surface area contributed by atoms with E-state index < -0.39 is 5.54 Å². The molecule has 1 fully saturated rings. The second-order valence-electron chi connectivity index (χ2n) is 4.79. The largest absolute Gasteiger partial charge is 0.297 e. The summed E-state index contributed by atoms with van der Waals surface area (Å²) in [6.45, 7) is 4.08. The van der Waals surface area contributed by atoms with E-state index in [-0.39, 0.29) is 0 Å². The Balaban J connectivity index is 1.86. The van der Waals surface area contributed by atoms with Crippen molar-refractivity contribution in [2.45, 2.75) is 55.1 Å². The zero-order valence-corrected chi connectivity index (χ0v) is 10.9. The standard InChI is InChI=1S/C11H17N5S/c1-8(17-10-13-7-14-16-10)5-11(2,6-12)15-9-3-4-9/h7-9,15H,3-5H2,1-2H3,(H,13,14,16). The van der Waals surface area contributed by atoms with Gasteiger partial charge >= 0.3 is 0 Å². The molecule has 1 aliphatic carbocycles.